The number of anilines is 1. The van der Waals surface area contributed by atoms with Gasteiger partial charge < -0.3 is 15.8 Å². The first-order valence-corrected chi connectivity index (χ1v) is 9.50. The lowest BCUT2D eigenvalue weighted by molar-refractivity contribution is -0.274. The fourth-order valence-electron chi connectivity index (χ4n) is 2.88. The van der Waals surface area contributed by atoms with E-state index in [1.54, 1.807) is 6.07 Å². The molecule has 1 heterocycles. The van der Waals surface area contributed by atoms with Crippen molar-refractivity contribution in [2.24, 2.45) is 10.7 Å². The molecule has 3 N–H and O–H groups in total. The number of benzene rings is 2. The fraction of sp³-hybridized carbons (Fsp3) is 0.263. The third kappa shape index (κ3) is 5.20. The lowest BCUT2D eigenvalue weighted by atomic mass is 9.89. The standard InChI is InChI=1S/C19H17F4N3O2S/c1-18(7-8-29-17(24)26-18)12-5-6-14(20)15(10-12)25-16(27)11-3-2-4-13(9-11)28-19(21,22)23/h2-6,9-10H,7-8H2,1H3,(H2,24,26)(H,25,27). The molecule has 0 bridgehead atoms. The SMILES string of the molecule is CC1(c2ccc(F)c(NC(=O)c3cccc(OC(F)(F)F)c3)c2)CCSC(N)=N1. The molecule has 0 aromatic heterocycles. The van der Waals surface area contributed by atoms with Crippen LogP contribution in [0, 0.1) is 5.82 Å². The van der Waals surface area contributed by atoms with Gasteiger partial charge >= 0.3 is 6.36 Å². The number of hydrogen-bond acceptors (Lipinski definition) is 5. The Labute approximate surface area is 168 Å². The first-order chi connectivity index (χ1) is 13.6. The number of amides is 1. The largest absolute Gasteiger partial charge is 0.573 e. The molecule has 0 radical (unpaired) electrons. The van der Waals surface area contributed by atoms with Crippen molar-refractivity contribution in [1.29, 1.82) is 0 Å². The molecule has 3 rings (SSSR count). The molecule has 1 aliphatic heterocycles. The Bertz CT molecular complexity index is 965. The smallest absolute Gasteiger partial charge is 0.406 e. The number of ether oxygens (including phenoxy) is 1. The van der Waals surface area contributed by atoms with Crippen LogP contribution >= 0.6 is 11.8 Å². The van der Waals surface area contributed by atoms with E-state index in [1.165, 1.54) is 36.0 Å². The van der Waals surface area contributed by atoms with E-state index in [-0.39, 0.29) is 11.3 Å². The van der Waals surface area contributed by atoms with Crippen LogP contribution in [0.4, 0.5) is 23.2 Å². The van der Waals surface area contributed by atoms with Gasteiger partial charge in [0.1, 0.15) is 11.6 Å². The molecular formula is C19H17F4N3O2S. The van der Waals surface area contributed by atoms with E-state index in [9.17, 15) is 22.4 Å². The fourth-order valence-corrected chi connectivity index (χ4v) is 3.85. The van der Waals surface area contributed by atoms with Crippen molar-refractivity contribution >= 4 is 28.5 Å². The molecular weight excluding hydrogens is 410 g/mol. The van der Waals surface area contributed by atoms with Crippen molar-refractivity contribution < 1.29 is 27.1 Å². The third-order valence-corrected chi connectivity index (χ3v) is 5.16. The first kappa shape index (κ1) is 21.0. The maximum atomic E-state index is 14.3. The zero-order valence-electron chi connectivity index (χ0n) is 15.2. The van der Waals surface area contributed by atoms with Gasteiger partial charge in [-0.15, -0.1) is 13.2 Å². The Kier molecular flexibility index (Phi) is 5.74. The number of carbonyl (C=O) groups is 1. The highest BCUT2D eigenvalue weighted by Crippen LogP contribution is 2.36. The third-order valence-electron chi connectivity index (χ3n) is 4.36. The second-order valence-corrected chi connectivity index (χ2v) is 7.66. The van der Waals surface area contributed by atoms with Gasteiger partial charge in [-0.1, -0.05) is 23.9 Å². The molecule has 10 heteroatoms. The van der Waals surface area contributed by atoms with E-state index in [4.69, 9.17) is 5.73 Å². The van der Waals surface area contributed by atoms with Crippen LogP contribution in [0.5, 0.6) is 5.75 Å². The van der Waals surface area contributed by atoms with Crippen LogP contribution in [0.2, 0.25) is 0 Å². The monoisotopic (exact) mass is 427 g/mol. The van der Waals surface area contributed by atoms with Crippen LogP contribution in [0.3, 0.4) is 0 Å². The van der Waals surface area contributed by atoms with Crippen molar-refractivity contribution in [2.45, 2.75) is 25.2 Å². The molecule has 1 atom stereocenters. The van der Waals surface area contributed by atoms with E-state index in [0.717, 1.165) is 17.9 Å². The molecule has 29 heavy (non-hydrogen) atoms. The average Bonchev–Trinajstić information content (AvgIpc) is 2.62. The van der Waals surface area contributed by atoms with Crippen molar-refractivity contribution in [3.8, 4) is 5.75 Å². The number of thioether (sulfide) groups is 1. The number of rotatable bonds is 4. The quantitative estimate of drug-likeness (QED) is 0.697. The minimum atomic E-state index is -4.88. The van der Waals surface area contributed by atoms with Gasteiger partial charge in [0, 0.05) is 11.3 Å². The maximum Gasteiger partial charge on any atom is 0.573 e. The topological polar surface area (TPSA) is 76.7 Å². The highest BCUT2D eigenvalue weighted by molar-refractivity contribution is 8.13. The summed E-state index contributed by atoms with van der Waals surface area (Å²) in [7, 11) is 0. The summed E-state index contributed by atoms with van der Waals surface area (Å²) in [4.78, 5) is 16.9. The Morgan fingerprint density at radius 3 is 2.72 bits per heavy atom. The summed E-state index contributed by atoms with van der Waals surface area (Å²) >= 11 is 1.43. The zero-order valence-corrected chi connectivity index (χ0v) is 16.0. The maximum absolute atomic E-state index is 14.3. The molecule has 154 valence electrons. The van der Waals surface area contributed by atoms with Gasteiger partial charge in [0.25, 0.3) is 5.91 Å². The van der Waals surface area contributed by atoms with Gasteiger partial charge in [-0.2, -0.15) is 0 Å². The van der Waals surface area contributed by atoms with Crippen LogP contribution in [-0.4, -0.2) is 23.2 Å². The van der Waals surface area contributed by atoms with Gasteiger partial charge in [-0.05, 0) is 49.2 Å². The second kappa shape index (κ2) is 7.94. The number of hydrogen-bond donors (Lipinski definition) is 2. The number of nitrogens with zero attached hydrogens (tertiary/aromatic N) is 1. The Morgan fingerprint density at radius 2 is 2.03 bits per heavy atom. The summed E-state index contributed by atoms with van der Waals surface area (Å²) in [6, 6.07) is 8.75. The Balaban J connectivity index is 1.84. The first-order valence-electron chi connectivity index (χ1n) is 8.51. The van der Waals surface area contributed by atoms with Crippen LogP contribution in [-0.2, 0) is 5.54 Å². The van der Waals surface area contributed by atoms with E-state index in [1.807, 2.05) is 6.92 Å². The molecule has 0 saturated heterocycles. The summed E-state index contributed by atoms with van der Waals surface area (Å²) in [5.41, 5.74) is 5.58. The zero-order chi connectivity index (χ0) is 21.2. The summed E-state index contributed by atoms with van der Waals surface area (Å²) in [6.07, 6.45) is -4.21. The molecule has 1 aliphatic rings. The normalized spacial score (nSPS) is 19.4. The highest BCUT2D eigenvalue weighted by Gasteiger charge is 2.32. The van der Waals surface area contributed by atoms with Gasteiger partial charge in [0.05, 0.1) is 11.2 Å². The second-order valence-electron chi connectivity index (χ2n) is 6.55. The number of nitrogens with two attached hydrogens (primary N) is 1. The molecule has 2 aromatic carbocycles. The number of halogens is 4. The number of aliphatic imine (C=N–C) groups is 1. The highest BCUT2D eigenvalue weighted by atomic mass is 32.2. The predicted molar refractivity (Wildman–Crippen MR) is 104 cm³/mol. The van der Waals surface area contributed by atoms with E-state index in [0.29, 0.717) is 17.2 Å². The minimum Gasteiger partial charge on any atom is -0.406 e. The summed E-state index contributed by atoms with van der Waals surface area (Å²) in [5.74, 6) is -1.26. The lowest BCUT2D eigenvalue weighted by Gasteiger charge is -2.30. The molecule has 1 unspecified atom stereocenters. The van der Waals surface area contributed by atoms with Gasteiger partial charge in [0.15, 0.2) is 5.17 Å². The molecule has 5 nitrogen and oxygen atoms in total. The minimum absolute atomic E-state index is 0.108. The molecule has 0 aliphatic carbocycles. The van der Waals surface area contributed by atoms with Crippen LogP contribution in [0.25, 0.3) is 0 Å². The van der Waals surface area contributed by atoms with Crippen LogP contribution < -0.4 is 15.8 Å². The van der Waals surface area contributed by atoms with Crippen molar-refractivity contribution in [3.63, 3.8) is 0 Å². The predicted octanol–water partition coefficient (Wildman–Crippen LogP) is 4.64. The summed E-state index contributed by atoms with van der Waals surface area (Å²) < 4.78 is 55.2. The van der Waals surface area contributed by atoms with Crippen molar-refractivity contribution in [3.05, 3.63) is 59.4 Å². The molecule has 0 spiro atoms. The molecule has 1 amide bonds. The number of amidine groups is 1. The van der Waals surface area contributed by atoms with Gasteiger partial charge in [-0.25, -0.2) is 4.39 Å². The van der Waals surface area contributed by atoms with E-state index in [2.05, 4.69) is 15.0 Å². The molecule has 0 fully saturated rings. The molecule has 0 saturated carbocycles. The Morgan fingerprint density at radius 1 is 1.28 bits per heavy atom. The van der Waals surface area contributed by atoms with E-state index >= 15 is 0 Å². The van der Waals surface area contributed by atoms with Crippen LogP contribution in [0.15, 0.2) is 47.5 Å². The van der Waals surface area contributed by atoms with Crippen molar-refractivity contribution in [1.82, 2.24) is 0 Å². The van der Waals surface area contributed by atoms with Crippen LogP contribution in [0.1, 0.15) is 29.3 Å². The average molecular weight is 427 g/mol. The number of nitrogens with one attached hydrogen (secondary N) is 1. The lowest BCUT2D eigenvalue weighted by Crippen LogP contribution is -2.29. The van der Waals surface area contributed by atoms with Crippen molar-refractivity contribution in [2.75, 3.05) is 11.1 Å². The number of carbonyl (C=O) groups excluding carboxylic acids is 1. The Hall–Kier alpha value is -2.75. The molecule has 2 aromatic rings. The summed E-state index contributed by atoms with van der Waals surface area (Å²) in [6.45, 7) is 1.86. The number of alkyl halides is 3. The van der Waals surface area contributed by atoms with Gasteiger partial charge in [-0.3, -0.25) is 9.79 Å². The van der Waals surface area contributed by atoms with Gasteiger partial charge in [0.2, 0.25) is 0 Å². The summed E-state index contributed by atoms with van der Waals surface area (Å²) in [5, 5.41) is 2.81. The van der Waals surface area contributed by atoms with E-state index < -0.39 is 29.4 Å².